The second kappa shape index (κ2) is 14.5. The number of hydrogen-bond donors (Lipinski definition) is 3. The number of hydrogen-bond acceptors (Lipinski definition) is 8. The molecule has 2 aromatic carbocycles. The summed E-state index contributed by atoms with van der Waals surface area (Å²) in [4.78, 5) is 36.2. The molecule has 3 aromatic heterocycles. The van der Waals surface area contributed by atoms with Crippen molar-refractivity contribution in [2.75, 3.05) is 11.4 Å². The van der Waals surface area contributed by atoms with E-state index in [-0.39, 0.29) is 37.1 Å². The number of benzene rings is 2. The first kappa shape index (κ1) is 36.3. The van der Waals surface area contributed by atoms with Crippen molar-refractivity contribution in [2.45, 2.75) is 64.9 Å². The minimum Gasteiger partial charge on any atom is -0.481 e. The molecule has 264 valence electrons. The Morgan fingerprint density at radius 1 is 1.10 bits per heavy atom. The van der Waals surface area contributed by atoms with Crippen molar-refractivity contribution in [2.24, 2.45) is 5.73 Å². The summed E-state index contributed by atoms with van der Waals surface area (Å²) in [5, 5.41) is 14.5. The number of para-hydroxylation sites is 1. The third-order valence-corrected chi connectivity index (χ3v) is 8.64. The number of carboxylic acid groups (broad SMARTS) is 1. The number of halogens is 5. The van der Waals surface area contributed by atoms with E-state index in [9.17, 15) is 22.8 Å². The van der Waals surface area contributed by atoms with Crippen LogP contribution >= 0.6 is 12.4 Å². The molecular weight excluding hydrogens is 682 g/mol. The maximum absolute atomic E-state index is 16.6. The number of fused-ring (bicyclic) bond motifs is 2. The van der Waals surface area contributed by atoms with Crippen molar-refractivity contribution < 1.29 is 37.0 Å². The Morgan fingerprint density at radius 2 is 1.78 bits per heavy atom. The number of carboxylic acids is 1. The van der Waals surface area contributed by atoms with E-state index in [1.807, 2.05) is 32.0 Å². The molecule has 4 heterocycles. The summed E-state index contributed by atoms with van der Waals surface area (Å²) in [5.74, 6) is -2.73. The third-order valence-electron chi connectivity index (χ3n) is 8.64. The predicted molar refractivity (Wildman–Crippen MR) is 179 cm³/mol. The number of ether oxygens (including phenoxy) is 1. The molecule has 0 spiro atoms. The monoisotopic (exact) mass is 715 g/mol. The SMILES string of the molecule is CCc1cccc(CC)c1-n1nc2c(c1-c1c(F)cc(COC(=O)C(N)CC(=O)O)c3[nH]ccc13)CN(c1ncc(C(F)(F)F)cn1)CC2.Cl. The van der Waals surface area contributed by atoms with Gasteiger partial charge >= 0.3 is 18.1 Å². The Bertz CT molecular complexity index is 2020. The van der Waals surface area contributed by atoms with Crippen LogP contribution in [-0.2, 0) is 52.9 Å². The maximum Gasteiger partial charge on any atom is 0.419 e. The maximum atomic E-state index is 16.6. The van der Waals surface area contributed by atoms with Crippen molar-refractivity contribution in [3.8, 4) is 16.9 Å². The third kappa shape index (κ3) is 6.87. The van der Waals surface area contributed by atoms with Crippen molar-refractivity contribution in [1.82, 2.24) is 24.7 Å². The second-order valence-electron chi connectivity index (χ2n) is 11.7. The summed E-state index contributed by atoms with van der Waals surface area (Å²) < 4.78 is 63.4. The lowest BCUT2D eigenvalue weighted by atomic mass is 9.95. The van der Waals surface area contributed by atoms with Gasteiger partial charge in [-0.05, 0) is 36.1 Å². The van der Waals surface area contributed by atoms with Crippen LogP contribution in [0.2, 0.25) is 0 Å². The van der Waals surface area contributed by atoms with Crippen molar-refractivity contribution in [3.63, 3.8) is 0 Å². The Morgan fingerprint density at radius 3 is 2.40 bits per heavy atom. The molecule has 4 N–H and O–H groups in total. The Kier molecular flexibility index (Phi) is 10.5. The van der Waals surface area contributed by atoms with Crippen LogP contribution in [0.4, 0.5) is 23.5 Å². The van der Waals surface area contributed by atoms with E-state index >= 15 is 4.39 Å². The van der Waals surface area contributed by atoms with E-state index in [0.29, 0.717) is 59.2 Å². The number of H-pyrrole nitrogens is 1. The molecule has 1 aliphatic heterocycles. The summed E-state index contributed by atoms with van der Waals surface area (Å²) in [6.07, 6.45) is -0.330. The molecule has 0 fully saturated rings. The van der Waals surface area contributed by atoms with Gasteiger partial charge in [-0.25, -0.2) is 19.0 Å². The van der Waals surface area contributed by atoms with Gasteiger partial charge in [0.25, 0.3) is 0 Å². The highest BCUT2D eigenvalue weighted by Crippen LogP contribution is 2.41. The second-order valence-corrected chi connectivity index (χ2v) is 11.7. The molecule has 0 bridgehead atoms. The van der Waals surface area contributed by atoms with Gasteiger partial charge in [0, 0.05) is 60.2 Å². The highest BCUT2D eigenvalue weighted by atomic mass is 35.5. The number of carbonyl (C=O) groups is 2. The van der Waals surface area contributed by atoms with Gasteiger partial charge < -0.3 is 25.5 Å². The number of alkyl halides is 3. The molecule has 5 aromatic rings. The highest BCUT2D eigenvalue weighted by Gasteiger charge is 2.34. The van der Waals surface area contributed by atoms with Gasteiger partial charge in [0.15, 0.2) is 0 Å². The lowest BCUT2D eigenvalue weighted by Crippen LogP contribution is -2.34. The molecule has 1 atom stereocenters. The number of rotatable bonds is 10. The minimum absolute atomic E-state index is 0. The van der Waals surface area contributed by atoms with E-state index < -0.39 is 42.0 Å². The number of aromatic amines is 1. The van der Waals surface area contributed by atoms with Gasteiger partial charge in [0.1, 0.15) is 18.5 Å². The summed E-state index contributed by atoms with van der Waals surface area (Å²) >= 11 is 0. The number of esters is 1. The fraction of sp³-hybridized carbons (Fsp3) is 0.324. The van der Waals surface area contributed by atoms with Crippen LogP contribution in [0, 0.1) is 5.82 Å². The molecule has 11 nitrogen and oxygen atoms in total. The Labute approximate surface area is 289 Å². The number of aromatic nitrogens is 5. The zero-order valence-electron chi connectivity index (χ0n) is 27.1. The molecule has 0 aliphatic carbocycles. The van der Waals surface area contributed by atoms with Crippen molar-refractivity contribution >= 4 is 41.2 Å². The molecule has 0 amide bonds. The zero-order valence-corrected chi connectivity index (χ0v) is 27.9. The number of nitrogens with two attached hydrogens (primary N) is 1. The standard InChI is InChI=1S/C34H33F4N7O4.ClH/c1-3-18-6-5-7-19(4-2)30(18)45-31(23-16-44(11-9-26(23)43-45)33-41-14-21(15-42-33)34(36,37)38)28-22-8-10-40-29(22)20(12-24(28)35)17-49-32(48)25(39)13-27(46)47;/h5-8,10,12,14-15,25,40H,3-4,9,11,13,16-17,39H2,1-2H3,(H,46,47);1H. The predicted octanol–water partition coefficient (Wildman–Crippen LogP) is 5.92. The number of aryl methyl sites for hydroxylation is 2. The summed E-state index contributed by atoms with van der Waals surface area (Å²) in [6, 6.07) is 7.53. The molecule has 0 saturated heterocycles. The molecule has 50 heavy (non-hydrogen) atoms. The molecule has 0 saturated carbocycles. The van der Waals surface area contributed by atoms with Gasteiger partial charge in [0.2, 0.25) is 5.95 Å². The van der Waals surface area contributed by atoms with Crippen molar-refractivity contribution in [3.05, 3.63) is 88.3 Å². The normalized spacial score (nSPS) is 13.5. The highest BCUT2D eigenvalue weighted by molar-refractivity contribution is 5.98. The summed E-state index contributed by atoms with van der Waals surface area (Å²) in [6.45, 7) is 4.21. The van der Waals surface area contributed by atoms with Gasteiger partial charge in [0.05, 0.1) is 34.6 Å². The largest absolute Gasteiger partial charge is 0.481 e. The number of aliphatic carboxylic acids is 1. The zero-order chi connectivity index (χ0) is 35.0. The lowest BCUT2D eigenvalue weighted by Gasteiger charge is -2.27. The number of nitrogens with one attached hydrogen (secondary N) is 1. The molecule has 0 radical (unpaired) electrons. The van der Waals surface area contributed by atoms with Crippen LogP contribution < -0.4 is 10.6 Å². The van der Waals surface area contributed by atoms with Gasteiger partial charge in [-0.15, -0.1) is 12.4 Å². The smallest absolute Gasteiger partial charge is 0.419 e. The van der Waals surface area contributed by atoms with Crippen LogP contribution in [0.25, 0.3) is 27.8 Å². The van der Waals surface area contributed by atoms with E-state index in [4.69, 9.17) is 20.7 Å². The van der Waals surface area contributed by atoms with Gasteiger partial charge in [-0.2, -0.15) is 18.3 Å². The fourth-order valence-electron chi connectivity index (χ4n) is 6.23. The molecule has 1 unspecified atom stereocenters. The Hall–Kier alpha value is -5.02. The van der Waals surface area contributed by atoms with Crippen LogP contribution in [0.1, 0.15) is 53.8 Å². The van der Waals surface area contributed by atoms with Crippen molar-refractivity contribution in [1.29, 1.82) is 0 Å². The number of carbonyl (C=O) groups excluding carboxylic acids is 1. The van der Waals surface area contributed by atoms with Crippen LogP contribution in [0.15, 0.2) is 48.9 Å². The summed E-state index contributed by atoms with van der Waals surface area (Å²) in [7, 11) is 0. The fourth-order valence-corrected chi connectivity index (χ4v) is 6.23. The van der Waals surface area contributed by atoms with E-state index in [1.54, 1.807) is 21.8 Å². The lowest BCUT2D eigenvalue weighted by molar-refractivity contribution is -0.150. The van der Waals surface area contributed by atoms with Crippen LogP contribution in [0.3, 0.4) is 0 Å². The number of nitrogens with zero attached hydrogens (tertiary/aromatic N) is 5. The number of anilines is 1. The van der Waals surface area contributed by atoms with Crippen LogP contribution in [-0.4, -0.2) is 54.4 Å². The van der Waals surface area contributed by atoms with Gasteiger partial charge in [-0.3, -0.25) is 9.59 Å². The van der Waals surface area contributed by atoms with E-state index in [2.05, 4.69) is 15.0 Å². The minimum atomic E-state index is -4.58. The average molecular weight is 716 g/mol. The first-order chi connectivity index (χ1) is 23.4. The molecular formula is C34H34ClF4N7O4. The van der Waals surface area contributed by atoms with Gasteiger partial charge in [-0.1, -0.05) is 32.0 Å². The van der Waals surface area contributed by atoms with Crippen LogP contribution in [0.5, 0.6) is 0 Å². The first-order valence-corrected chi connectivity index (χ1v) is 15.7. The average Bonchev–Trinajstić information content (AvgIpc) is 3.71. The Balaban J connectivity index is 0.00000486. The molecule has 1 aliphatic rings. The first-order valence-electron chi connectivity index (χ1n) is 15.7. The molecule has 16 heteroatoms. The molecule has 6 rings (SSSR count). The summed E-state index contributed by atoms with van der Waals surface area (Å²) in [5.41, 5.74) is 10.4. The quantitative estimate of drug-likeness (QED) is 0.118. The van der Waals surface area contributed by atoms with E-state index in [1.165, 1.54) is 6.07 Å². The topological polar surface area (TPSA) is 152 Å². The van der Waals surface area contributed by atoms with E-state index in [0.717, 1.165) is 29.2 Å².